The number of methoxy groups -OCH3 is 4. The van der Waals surface area contributed by atoms with E-state index < -0.39 is 0 Å². The zero-order chi connectivity index (χ0) is 18.7. The van der Waals surface area contributed by atoms with Gasteiger partial charge in [0.05, 0.1) is 28.4 Å². The number of ketones is 1. The van der Waals surface area contributed by atoms with Gasteiger partial charge in [-0.05, 0) is 42.7 Å². The molecule has 0 unspecified atom stereocenters. The third kappa shape index (κ3) is 3.12. The average molecular weight is 354 g/mol. The monoisotopic (exact) mass is 354 g/mol. The largest absolute Gasteiger partial charge is 0.493 e. The molecule has 26 heavy (non-hydrogen) atoms. The van der Waals surface area contributed by atoms with Crippen LogP contribution in [0.2, 0.25) is 0 Å². The second-order valence-corrected chi connectivity index (χ2v) is 5.95. The van der Waals surface area contributed by atoms with Crippen molar-refractivity contribution in [3.05, 3.63) is 52.6 Å². The summed E-state index contributed by atoms with van der Waals surface area (Å²) in [5, 5.41) is 0. The number of benzene rings is 2. The molecular formula is C21H22O5. The van der Waals surface area contributed by atoms with Crippen molar-refractivity contribution >= 4 is 11.9 Å². The maximum Gasteiger partial charge on any atom is 0.189 e. The van der Waals surface area contributed by atoms with Crippen molar-refractivity contribution < 1.29 is 23.7 Å². The van der Waals surface area contributed by atoms with Crippen LogP contribution < -0.4 is 18.9 Å². The quantitative estimate of drug-likeness (QED) is 0.762. The van der Waals surface area contributed by atoms with E-state index in [9.17, 15) is 4.79 Å². The highest BCUT2D eigenvalue weighted by Gasteiger charge is 2.25. The van der Waals surface area contributed by atoms with Crippen molar-refractivity contribution in [3.63, 3.8) is 0 Å². The van der Waals surface area contributed by atoms with Crippen LogP contribution in [0, 0.1) is 0 Å². The van der Waals surface area contributed by atoms with E-state index in [0.717, 1.165) is 23.1 Å². The molecule has 2 aromatic carbocycles. The summed E-state index contributed by atoms with van der Waals surface area (Å²) < 4.78 is 21.5. The molecule has 136 valence electrons. The van der Waals surface area contributed by atoms with Crippen LogP contribution in [0.25, 0.3) is 6.08 Å². The van der Waals surface area contributed by atoms with E-state index in [1.54, 1.807) is 34.5 Å². The average Bonchev–Trinajstić information content (AvgIpc) is 2.68. The van der Waals surface area contributed by atoms with Crippen LogP contribution in [0.1, 0.15) is 27.9 Å². The molecule has 3 rings (SSSR count). The van der Waals surface area contributed by atoms with Gasteiger partial charge in [-0.1, -0.05) is 12.1 Å². The molecule has 1 aliphatic rings. The molecule has 0 fully saturated rings. The van der Waals surface area contributed by atoms with Crippen molar-refractivity contribution in [2.75, 3.05) is 28.4 Å². The van der Waals surface area contributed by atoms with Gasteiger partial charge < -0.3 is 18.9 Å². The number of para-hydroxylation sites is 1. The first kappa shape index (κ1) is 17.9. The third-order valence-corrected chi connectivity index (χ3v) is 4.57. The van der Waals surface area contributed by atoms with Crippen molar-refractivity contribution in [2.24, 2.45) is 0 Å². The molecule has 0 N–H and O–H groups in total. The number of fused-ring (bicyclic) bond motifs is 1. The van der Waals surface area contributed by atoms with E-state index in [2.05, 4.69) is 0 Å². The molecule has 5 nitrogen and oxygen atoms in total. The lowest BCUT2D eigenvalue weighted by Gasteiger charge is -2.20. The van der Waals surface area contributed by atoms with Crippen LogP contribution in [0.5, 0.6) is 23.0 Å². The first-order valence-corrected chi connectivity index (χ1v) is 8.34. The molecule has 0 amide bonds. The molecule has 0 saturated heterocycles. The summed E-state index contributed by atoms with van der Waals surface area (Å²) in [4.78, 5) is 13.0. The van der Waals surface area contributed by atoms with Crippen LogP contribution in [0.15, 0.2) is 35.9 Å². The lowest BCUT2D eigenvalue weighted by Crippen LogP contribution is -2.14. The predicted molar refractivity (Wildman–Crippen MR) is 99.7 cm³/mol. The summed E-state index contributed by atoms with van der Waals surface area (Å²) >= 11 is 0. The van der Waals surface area contributed by atoms with E-state index in [-0.39, 0.29) is 5.78 Å². The molecule has 0 saturated carbocycles. The third-order valence-electron chi connectivity index (χ3n) is 4.57. The Bertz CT molecular complexity index is 867. The Labute approximate surface area is 153 Å². The van der Waals surface area contributed by atoms with E-state index in [4.69, 9.17) is 18.9 Å². The lowest BCUT2D eigenvalue weighted by molar-refractivity contribution is 0.102. The standard InChI is InChI=1S/C21H22O5/c1-23-17-7-5-6-15(21(17)26-4)10-14-9-8-13-11-18(24-2)19(25-3)12-16(13)20(14)22/h5-7,10-12H,8-9H2,1-4H3/b14-10+. The number of ether oxygens (including phenoxy) is 4. The Kier molecular flexibility index (Phi) is 5.16. The molecule has 5 heteroatoms. The van der Waals surface area contributed by atoms with Gasteiger partial charge in [0.1, 0.15) is 0 Å². The van der Waals surface area contributed by atoms with Gasteiger partial charge in [-0.3, -0.25) is 4.79 Å². The fraction of sp³-hybridized carbons (Fsp3) is 0.286. The highest BCUT2D eigenvalue weighted by molar-refractivity contribution is 6.13. The van der Waals surface area contributed by atoms with Gasteiger partial charge >= 0.3 is 0 Å². The zero-order valence-electron chi connectivity index (χ0n) is 15.4. The predicted octanol–water partition coefficient (Wildman–Crippen LogP) is 3.93. The van der Waals surface area contributed by atoms with Crippen molar-refractivity contribution in [3.8, 4) is 23.0 Å². The van der Waals surface area contributed by atoms with Gasteiger partial charge in [0.15, 0.2) is 28.8 Å². The number of hydrogen-bond donors (Lipinski definition) is 0. The molecule has 0 aliphatic heterocycles. The minimum Gasteiger partial charge on any atom is -0.493 e. The Morgan fingerprint density at radius 1 is 0.846 bits per heavy atom. The number of hydrogen-bond acceptors (Lipinski definition) is 5. The second-order valence-electron chi connectivity index (χ2n) is 5.95. The number of allylic oxidation sites excluding steroid dienone is 1. The number of rotatable bonds is 5. The lowest BCUT2D eigenvalue weighted by atomic mass is 9.85. The van der Waals surface area contributed by atoms with Gasteiger partial charge in [-0.2, -0.15) is 0 Å². The maximum atomic E-state index is 13.0. The minimum atomic E-state index is -0.00271. The van der Waals surface area contributed by atoms with E-state index in [1.165, 1.54) is 0 Å². The summed E-state index contributed by atoms with van der Waals surface area (Å²) in [6.07, 6.45) is 3.30. The van der Waals surface area contributed by atoms with Gasteiger partial charge in [0.25, 0.3) is 0 Å². The zero-order valence-corrected chi connectivity index (χ0v) is 15.4. The van der Waals surface area contributed by atoms with Crippen LogP contribution in [0.3, 0.4) is 0 Å². The molecule has 2 aromatic rings. The van der Waals surface area contributed by atoms with E-state index in [0.29, 0.717) is 35.0 Å². The SMILES string of the molecule is COc1cc2c(cc1OC)C(=O)/C(=C/c1cccc(OC)c1OC)CC2. The van der Waals surface area contributed by atoms with Crippen LogP contribution in [-0.4, -0.2) is 34.2 Å². The van der Waals surface area contributed by atoms with Gasteiger partial charge in [0, 0.05) is 16.7 Å². The van der Waals surface area contributed by atoms with Crippen molar-refractivity contribution in [1.29, 1.82) is 0 Å². The second kappa shape index (κ2) is 7.52. The number of carbonyl (C=O) groups excluding carboxylic acids is 1. The topological polar surface area (TPSA) is 54.0 Å². The highest BCUT2D eigenvalue weighted by Crippen LogP contribution is 2.37. The van der Waals surface area contributed by atoms with Gasteiger partial charge in [-0.25, -0.2) is 0 Å². The molecule has 0 radical (unpaired) electrons. The van der Waals surface area contributed by atoms with Gasteiger partial charge in [0.2, 0.25) is 0 Å². The fourth-order valence-corrected chi connectivity index (χ4v) is 3.25. The summed E-state index contributed by atoms with van der Waals surface area (Å²) in [5.41, 5.74) is 3.18. The molecule has 0 atom stereocenters. The summed E-state index contributed by atoms with van der Waals surface area (Å²) in [7, 11) is 6.34. The molecule has 0 bridgehead atoms. The first-order valence-electron chi connectivity index (χ1n) is 8.34. The van der Waals surface area contributed by atoms with Gasteiger partial charge in [-0.15, -0.1) is 0 Å². The Hall–Kier alpha value is -2.95. The fourth-order valence-electron chi connectivity index (χ4n) is 3.25. The summed E-state index contributed by atoms with van der Waals surface area (Å²) in [6.45, 7) is 0. The first-order chi connectivity index (χ1) is 12.6. The Balaban J connectivity index is 2.03. The molecular weight excluding hydrogens is 332 g/mol. The number of carbonyl (C=O) groups is 1. The molecule has 0 heterocycles. The Morgan fingerprint density at radius 3 is 2.19 bits per heavy atom. The highest BCUT2D eigenvalue weighted by atomic mass is 16.5. The maximum absolute atomic E-state index is 13.0. The van der Waals surface area contributed by atoms with Crippen molar-refractivity contribution in [1.82, 2.24) is 0 Å². The summed E-state index contributed by atoms with van der Waals surface area (Å²) in [5.74, 6) is 2.45. The van der Waals surface area contributed by atoms with E-state index in [1.807, 2.05) is 30.3 Å². The summed E-state index contributed by atoms with van der Waals surface area (Å²) in [6, 6.07) is 9.26. The van der Waals surface area contributed by atoms with Crippen molar-refractivity contribution in [2.45, 2.75) is 12.8 Å². The van der Waals surface area contributed by atoms with Crippen LogP contribution >= 0.6 is 0 Å². The number of aryl methyl sites for hydroxylation is 1. The van der Waals surface area contributed by atoms with Crippen LogP contribution in [0.4, 0.5) is 0 Å². The smallest absolute Gasteiger partial charge is 0.189 e. The minimum absolute atomic E-state index is 0.00271. The van der Waals surface area contributed by atoms with E-state index >= 15 is 0 Å². The number of Topliss-reactive ketones (excluding diaryl/α,β-unsaturated/α-hetero) is 1. The normalized spacial score (nSPS) is 14.8. The molecule has 1 aliphatic carbocycles. The molecule has 0 aromatic heterocycles. The van der Waals surface area contributed by atoms with Crippen LogP contribution in [-0.2, 0) is 6.42 Å². The Morgan fingerprint density at radius 2 is 1.54 bits per heavy atom. The molecule has 0 spiro atoms.